The average Bonchev–Trinajstić information content (AvgIpc) is 3.12. The number of pyridine rings is 1. The SMILES string of the molecule is O=c1cc[nH]cc1S(=O)(=O)N(Cc1ccsc1)C1CC1. The van der Waals surface area contributed by atoms with Gasteiger partial charge in [-0.3, -0.25) is 4.79 Å². The number of hydrogen-bond acceptors (Lipinski definition) is 4. The minimum Gasteiger partial charge on any atom is -0.366 e. The van der Waals surface area contributed by atoms with E-state index < -0.39 is 15.5 Å². The monoisotopic (exact) mass is 310 g/mol. The molecule has 1 aliphatic rings. The lowest BCUT2D eigenvalue weighted by Crippen LogP contribution is -2.35. The van der Waals surface area contributed by atoms with Gasteiger partial charge >= 0.3 is 0 Å². The first kappa shape index (κ1) is 13.5. The highest BCUT2D eigenvalue weighted by Gasteiger charge is 2.39. The van der Waals surface area contributed by atoms with Crippen LogP contribution in [0, 0.1) is 0 Å². The fraction of sp³-hybridized carbons (Fsp3) is 0.308. The van der Waals surface area contributed by atoms with E-state index in [1.807, 2.05) is 16.8 Å². The zero-order valence-corrected chi connectivity index (χ0v) is 12.3. The van der Waals surface area contributed by atoms with E-state index in [2.05, 4.69) is 4.98 Å². The first-order valence-electron chi connectivity index (χ1n) is 6.29. The summed E-state index contributed by atoms with van der Waals surface area (Å²) in [5.41, 5.74) is 0.484. The Morgan fingerprint density at radius 3 is 2.75 bits per heavy atom. The third-order valence-corrected chi connectivity index (χ3v) is 5.90. The Balaban J connectivity index is 1.98. The summed E-state index contributed by atoms with van der Waals surface area (Å²) in [7, 11) is -3.75. The van der Waals surface area contributed by atoms with E-state index in [1.165, 1.54) is 34.1 Å². The molecule has 2 aromatic heterocycles. The topological polar surface area (TPSA) is 70.2 Å². The zero-order valence-electron chi connectivity index (χ0n) is 10.7. The largest absolute Gasteiger partial charge is 0.366 e. The standard InChI is InChI=1S/C13H14N2O3S2/c16-12-3-5-14-7-13(12)20(17,18)15(11-1-2-11)8-10-4-6-19-9-10/h3-7,9,11H,1-2,8H2,(H,14,16). The van der Waals surface area contributed by atoms with Gasteiger partial charge in [0.05, 0.1) is 0 Å². The quantitative estimate of drug-likeness (QED) is 0.915. The van der Waals surface area contributed by atoms with Crippen LogP contribution >= 0.6 is 11.3 Å². The third-order valence-electron chi connectivity index (χ3n) is 3.25. The van der Waals surface area contributed by atoms with Gasteiger partial charge in [0.2, 0.25) is 15.5 Å². The van der Waals surface area contributed by atoms with Crippen LogP contribution in [-0.4, -0.2) is 23.7 Å². The van der Waals surface area contributed by atoms with Gasteiger partial charge in [0, 0.05) is 31.0 Å². The van der Waals surface area contributed by atoms with Gasteiger partial charge in [-0.05, 0) is 35.2 Å². The highest BCUT2D eigenvalue weighted by atomic mass is 32.2. The summed E-state index contributed by atoms with van der Waals surface area (Å²) in [4.78, 5) is 14.3. The lowest BCUT2D eigenvalue weighted by atomic mass is 10.3. The van der Waals surface area contributed by atoms with Gasteiger partial charge in [-0.1, -0.05) is 0 Å². The number of H-pyrrole nitrogens is 1. The minimum atomic E-state index is -3.75. The van der Waals surface area contributed by atoms with Crippen molar-refractivity contribution in [2.75, 3.05) is 0 Å². The number of nitrogens with zero attached hydrogens (tertiary/aromatic N) is 1. The van der Waals surface area contributed by atoms with Crippen molar-refractivity contribution < 1.29 is 8.42 Å². The van der Waals surface area contributed by atoms with E-state index in [-0.39, 0.29) is 10.9 Å². The molecule has 20 heavy (non-hydrogen) atoms. The van der Waals surface area contributed by atoms with Crippen LogP contribution in [0.25, 0.3) is 0 Å². The summed E-state index contributed by atoms with van der Waals surface area (Å²) in [6.45, 7) is 0.324. The molecule has 3 rings (SSSR count). The molecule has 106 valence electrons. The zero-order chi connectivity index (χ0) is 14.2. The second kappa shape index (κ2) is 5.16. The van der Waals surface area contributed by atoms with Crippen molar-refractivity contribution in [1.82, 2.24) is 9.29 Å². The molecule has 0 radical (unpaired) electrons. The molecule has 0 bridgehead atoms. The Morgan fingerprint density at radius 1 is 1.35 bits per heavy atom. The first-order valence-corrected chi connectivity index (χ1v) is 8.67. The van der Waals surface area contributed by atoms with E-state index >= 15 is 0 Å². The molecule has 0 aliphatic heterocycles. The molecular weight excluding hydrogens is 296 g/mol. The van der Waals surface area contributed by atoms with Crippen LogP contribution in [0.4, 0.5) is 0 Å². The van der Waals surface area contributed by atoms with Crippen LogP contribution < -0.4 is 5.43 Å². The lowest BCUT2D eigenvalue weighted by Gasteiger charge is -2.20. The third kappa shape index (κ3) is 2.56. The van der Waals surface area contributed by atoms with E-state index in [0.29, 0.717) is 6.54 Å². The van der Waals surface area contributed by atoms with Crippen molar-refractivity contribution in [3.05, 3.63) is 51.1 Å². The van der Waals surface area contributed by atoms with Gasteiger partial charge in [-0.15, -0.1) is 0 Å². The van der Waals surface area contributed by atoms with Crippen molar-refractivity contribution in [1.29, 1.82) is 0 Å². The number of thiophene rings is 1. The molecule has 0 spiro atoms. The summed E-state index contributed by atoms with van der Waals surface area (Å²) < 4.78 is 26.8. The summed E-state index contributed by atoms with van der Waals surface area (Å²) in [5, 5.41) is 3.85. The number of aromatic amines is 1. The predicted octanol–water partition coefficient (Wildman–Crippen LogP) is 1.79. The van der Waals surface area contributed by atoms with Crippen LogP contribution in [0.3, 0.4) is 0 Å². The molecule has 0 unspecified atom stereocenters. The van der Waals surface area contributed by atoms with Crippen LogP contribution in [0.1, 0.15) is 18.4 Å². The fourth-order valence-corrected chi connectivity index (χ4v) is 4.44. The average molecular weight is 310 g/mol. The Morgan fingerprint density at radius 2 is 2.15 bits per heavy atom. The van der Waals surface area contributed by atoms with Gasteiger partial charge < -0.3 is 4.98 Å². The van der Waals surface area contributed by atoms with Gasteiger partial charge in [-0.25, -0.2) is 8.42 Å². The second-order valence-corrected chi connectivity index (χ2v) is 7.42. The highest BCUT2D eigenvalue weighted by Crippen LogP contribution is 2.32. The Hall–Kier alpha value is -1.44. The molecule has 2 aromatic rings. The normalized spacial score (nSPS) is 15.7. The maximum atomic E-state index is 12.7. The molecule has 0 aromatic carbocycles. The van der Waals surface area contributed by atoms with E-state index in [0.717, 1.165) is 18.4 Å². The molecule has 0 saturated heterocycles. The van der Waals surface area contributed by atoms with Crippen molar-refractivity contribution >= 4 is 21.4 Å². The number of hydrogen-bond donors (Lipinski definition) is 1. The smallest absolute Gasteiger partial charge is 0.248 e. The highest BCUT2D eigenvalue weighted by molar-refractivity contribution is 7.89. The molecule has 7 heteroatoms. The number of aromatic nitrogens is 1. The molecule has 0 atom stereocenters. The molecule has 2 heterocycles. The maximum Gasteiger partial charge on any atom is 0.248 e. The van der Waals surface area contributed by atoms with Gasteiger partial charge in [0.25, 0.3) is 0 Å². The van der Waals surface area contributed by atoms with Crippen LogP contribution in [-0.2, 0) is 16.6 Å². The second-order valence-electron chi connectivity index (χ2n) is 4.79. The Kier molecular flexibility index (Phi) is 3.49. The molecular formula is C13H14N2O3S2. The minimum absolute atomic E-state index is 0.0134. The summed E-state index contributed by atoms with van der Waals surface area (Å²) >= 11 is 1.53. The number of nitrogens with one attached hydrogen (secondary N) is 1. The lowest BCUT2D eigenvalue weighted by molar-refractivity contribution is 0.398. The van der Waals surface area contributed by atoms with Crippen LogP contribution in [0.5, 0.6) is 0 Å². The molecule has 1 saturated carbocycles. The summed E-state index contributed by atoms with van der Waals surface area (Å²) in [6, 6.07) is 3.16. The number of sulfonamides is 1. The summed E-state index contributed by atoms with van der Waals surface area (Å²) in [5.74, 6) is 0. The van der Waals surface area contributed by atoms with Gasteiger partial charge in [0.1, 0.15) is 4.90 Å². The van der Waals surface area contributed by atoms with Crippen molar-refractivity contribution in [3.8, 4) is 0 Å². The first-order chi connectivity index (χ1) is 9.59. The van der Waals surface area contributed by atoms with Gasteiger partial charge in [0.15, 0.2) is 0 Å². The molecule has 1 N–H and O–H groups in total. The van der Waals surface area contributed by atoms with Gasteiger partial charge in [-0.2, -0.15) is 15.6 Å². The van der Waals surface area contributed by atoms with Crippen molar-refractivity contribution in [2.45, 2.75) is 30.3 Å². The summed E-state index contributed by atoms with van der Waals surface area (Å²) in [6.07, 6.45) is 4.41. The predicted molar refractivity (Wildman–Crippen MR) is 77.1 cm³/mol. The molecule has 0 amide bonds. The number of rotatable bonds is 5. The Bertz CT molecular complexity index is 746. The van der Waals surface area contributed by atoms with E-state index in [9.17, 15) is 13.2 Å². The van der Waals surface area contributed by atoms with Crippen molar-refractivity contribution in [3.63, 3.8) is 0 Å². The van der Waals surface area contributed by atoms with Crippen LogP contribution in [0.2, 0.25) is 0 Å². The van der Waals surface area contributed by atoms with E-state index in [4.69, 9.17) is 0 Å². The van der Waals surface area contributed by atoms with Crippen LogP contribution in [0.15, 0.2) is 45.0 Å². The maximum absolute atomic E-state index is 12.7. The molecule has 1 fully saturated rings. The van der Waals surface area contributed by atoms with Crippen molar-refractivity contribution in [2.24, 2.45) is 0 Å². The molecule has 5 nitrogen and oxygen atoms in total. The van der Waals surface area contributed by atoms with E-state index in [1.54, 1.807) is 0 Å². The molecule has 1 aliphatic carbocycles. The Labute approximate surface area is 120 Å². The fourth-order valence-electron chi connectivity index (χ4n) is 2.06.